The van der Waals surface area contributed by atoms with Gasteiger partial charge in [-0.2, -0.15) is 5.10 Å². The van der Waals surface area contributed by atoms with Crippen molar-refractivity contribution in [1.29, 1.82) is 0 Å². The minimum absolute atomic E-state index is 0.0463. The normalized spacial score (nSPS) is 16.7. The molecule has 0 aliphatic carbocycles. The summed E-state index contributed by atoms with van der Waals surface area (Å²) in [7, 11) is 1.61. The monoisotopic (exact) mass is 436 g/mol. The van der Waals surface area contributed by atoms with Crippen molar-refractivity contribution in [2.75, 3.05) is 20.2 Å². The Morgan fingerprint density at radius 2 is 2.13 bits per heavy atom. The van der Waals surface area contributed by atoms with Crippen molar-refractivity contribution in [3.05, 3.63) is 48.0 Å². The summed E-state index contributed by atoms with van der Waals surface area (Å²) in [4.78, 5) is 18.8. The molecule has 1 aliphatic heterocycles. The number of hydrogen-bond acceptors (Lipinski definition) is 5. The van der Waals surface area contributed by atoms with Crippen LogP contribution in [-0.2, 0) is 15.5 Å². The Kier molecular flexibility index (Phi) is 5.96. The van der Waals surface area contributed by atoms with Crippen LogP contribution < -0.4 is 0 Å². The van der Waals surface area contributed by atoms with Crippen molar-refractivity contribution in [3.63, 3.8) is 0 Å². The highest BCUT2D eigenvalue weighted by molar-refractivity contribution is 7.95. The third-order valence-electron chi connectivity index (χ3n) is 5.07. The summed E-state index contributed by atoms with van der Waals surface area (Å²) in [6.07, 6.45) is 1.03. The molecule has 10 heteroatoms. The molecule has 0 bridgehead atoms. The van der Waals surface area contributed by atoms with Gasteiger partial charge in [0.15, 0.2) is 0 Å². The zero-order chi connectivity index (χ0) is 21.3. The molecule has 1 fully saturated rings. The van der Waals surface area contributed by atoms with E-state index in [9.17, 15) is 18.0 Å². The van der Waals surface area contributed by atoms with Gasteiger partial charge in [0.25, 0.3) is 6.43 Å². The van der Waals surface area contributed by atoms with Gasteiger partial charge in [-0.1, -0.05) is 6.07 Å². The first-order valence-corrected chi connectivity index (χ1v) is 10.1. The molecule has 1 unspecified atom stereocenters. The van der Waals surface area contributed by atoms with Gasteiger partial charge in [-0.25, -0.2) is 13.2 Å². The van der Waals surface area contributed by atoms with Crippen LogP contribution in [0.15, 0.2) is 36.7 Å². The number of carbonyl (C=O) groups excluding carboxylic acids is 1. The Morgan fingerprint density at radius 1 is 1.30 bits per heavy atom. The lowest BCUT2D eigenvalue weighted by Gasteiger charge is -2.16. The summed E-state index contributed by atoms with van der Waals surface area (Å²) in [5.74, 6) is -1.01. The molecule has 1 aromatic carbocycles. The van der Waals surface area contributed by atoms with E-state index in [2.05, 4.69) is 10.1 Å². The lowest BCUT2D eigenvalue weighted by molar-refractivity contribution is -0.130. The molecule has 1 amide bonds. The van der Waals surface area contributed by atoms with Gasteiger partial charge >= 0.3 is 0 Å². The lowest BCUT2D eigenvalue weighted by Crippen LogP contribution is -2.32. The van der Waals surface area contributed by atoms with Crippen molar-refractivity contribution in [3.8, 4) is 11.1 Å². The number of aromatic nitrogens is 3. The first-order chi connectivity index (χ1) is 14.5. The highest BCUT2D eigenvalue weighted by atomic mass is 32.2. The number of alkyl halides is 2. The fraction of sp³-hybridized carbons (Fsp3) is 0.350. The van der Waals surface area contributed by atoms with E-state index >= 15 is 0 Å². The number of halogens is 3. The van der Waals surface area contributed by atoms with Crippen LogP contribution in [-0.4, -0.2) is 51.0 Å². The quantitative estimate of drug-likeness (QED) is 0.545. The molecule has 1 aliphatic rings. The van der Waals surface area contributed by atoms with Gasteiger partial charge in [0.2, 0.25) is 5.91 Å². The molecule has 3 aromatic rings. The standard InChI is InChI=1S/C20H19F3N4O2S/c1-29-30-14-4-5-26(10-14)19(28)11-27-18-7-13(8-24-17(18)9-25-27)12-2-3-16(21)15(6-12)20(22)23/h2-3,6-9,14,20H,4-5,10-11H2,1H3. The van der Waals surface area contributed by atoms with Gasteiger partial charge in [0.1, 0.15) is 17.9 Å². The largest absolute Gasteiger partial charge is 0.340 e. The Hall–Kier alpha value is -2.59. The fourth-order valence-electron chi connectivity index (χ4n) is 3.53. The molecule has 2 aromatic heterocycles. The second kappa shape index (κ2) is 8.65. The molecular weight excluding hydrogens is 417 g/mol. The van der Waals surface area contributed by atoms with E-state index in [0.717, 1.165) is 18.6 Å². The minimum Gasteiger partial charge on any atom is -0.340 e. The molecule has 0 spiro atoms. The predicted octanol–water partition coefficient (Wildman–Crippen LogP) is 4.07. The van der Waals surface area contributed by atoms with Crippen molar-refractivity contribution in [2.24, 2.45) is 0 Å². The second-order valence-corrected chi connectivity index (χ2v) is 8.17. The highest BCUT2D eigenvalue weighted by Gasteiger charge is 2.27. The molecule has 4 rings (SSSR count). The minimum atomic E-state index is -2.91. The molecule has 1 atom stereocenters. The smallest absolute Gasteiger partial charge is 0.266 e. The topological polar surface area (TPSA) is 60.2 Å². The van der Waals surface area contributed by atoms with E-state index in [1.807, 2.05) is 0 Å². The van der Waals surface area contributed by atoms with Crippen LogP contribution >= 0.6 is 12.0 Å². The van der Waals surface area contributed by atoms with Crippen LogP contribution in [0.3, 0.4) is 0 Å². The van der Waals surface area contributed by atoms with E-state index in [4.69, 9.17) is 4.18 Å². The van der Waals surface area contributed by atoms with E-state index in [0.29, 0.717) is 35.2 Å². The van der Waals surface area contributed by atoms with Crippen molar-refractivity contribution >= 4 is 29.0 Å². The Bertz CT molecular complexity index is 1080. The predicted molar refractivity (Wildman–Crippen MR) is 107 cm³/mol. The zero-order valence-electron chi connectivity index (χ0n) is 16.1. The molecular formula is C20H19F3N4O2S. The first-order valence-electron chi connectivity index (χ1n) is 9.33. The van der Waals surface area contributed by atoms with Gasteiger partial charge in [0, 0.05) is 24.8 Å². The SMILES string of the molecule is COSC1CCN(C(=O)Cn2ncc3ncc(-c4ccc(F)c(C(F)F)c4)cc32)C1. The Balaban J connectivity index is 1.58. The molecule has 30 heavy (non-hydrogen) atoms. The summed E-state index contributed by atoms with van der Waals surface area (Å²) in [6, 6.07) is 5.28. The van der Waals surface area contributed by atoms with Crippen LogP contribution in [0, 0.1) is 5.82 Å². The van der Waals surface area contributed by atoms with Gasteiger partial charge in [0.05, 0.1) is 29.6 Å². The Morgan fingerprint density at radius 3 is 2.90 bits per heavy atom. The van der Waals surface area contributed by atoms with Crippen LogP contribution in [0.1, 0.15) is 18.4 Å². The number of likely N-dealkylation sites (tertiary alicyclic amines) is 1. The molecule has 0 radical (unpaired) electrons. The fourth-order valence-corrected chi connectivity index (χ4v) is 4.24. The van der Waals surface area contributed by atoms with E-state index in [-0.39, 0.29) is 17.7 Å². The maximum atomic E-state index is 13.6. The summed E-state index contributed by atoms with van der Waals surface area (Å²) in [5, 5.41) is 4.51. The van der Waals surface area contributed by atoms with Crippen LogP contribution in [0.5, 0.6) is 0 Å². The van der Waals surface area contributed by atoms with Gasteiger partial charge in [-0.15, -0.1) is 0 Å². The first kappa shape index (κ1) is 20.7. The zero-order valence-corrected chi connectivity index (χ0v) is 16.9. The number of pyridine rings is 1. The van der Waals surface area contributed by atoms with Gasteiger partial charge < -0.3 is 9.08 Å². The maximum Gasteiger partial charge on any atom is 0.266 e. The van der Waals surface area contributed by atoms with Crippen LogP contribution in [0.4, 0.5) is 13.2 Å². The van der Waals surface area contributed by atoms with Gasteiger partial charge in [-0.05, 0) is 42.2 Å². The maximum absolute atomic E-state index is 13.6. The molecule has 6 nitrogen and oxygen atoms in total. The second-order valence-electron chi connectivity index (χ2n) is 6.98. The molecule has 158 valence electrons. The average Bonchev–Trinajstić information content (AvgIpc) is 3.35. The number of carbonyl (C=O) groups is 1. The van der Waals surface area contributed by atoms with Crippen LogP contribution in [0.2, 0.25) is 0 Å². The summed E-state index contributed by atoms with van der Waals surface area (Å²) in [6.45, 7) is 1.32. The van der Waals surface area contributed by atoms with Gasteiger partial charge in [-0.3, -0.25) is 14.5 Å². The number of amides is 1. The third-order valence-corrected chi connectivity index (χ3v) is 5.92. The molecule has 3 heterocycles. The molecule has 1 saturated heterocycles. The Labute approximate surface area is 175 Å². The number of hydrogen-bond donors (Lipinski definition) is 0. The summed E-state index contributed by atoms with van der Waals surface area (Å²) in [5.41, 5.74) is 1.48. The van der Waals surface area contributed by atoms with E-state index in [1.54, 1.807) is 29.0 Å². The number of benzene rings is 1. The lowest BCUT2D eigenvalue weighted by atomic mass is 10.0. The van der Waals surface area contributed by atoms with Crippen molar-refractivity contribution in [2.45, 2.75) is 24.6 Å². The summed E-state index contributed by atoms with van der Waals surface area (Å²) < 4.78 is 46.3. The molecule has 0 N–H and O–H groups in total. The summed E-state index contributed by atoms with van der Waals surface area (Å²) >= 11 is 1.37. The van der Waals surface area contributed by atoms with E-state index in [1.165, 1.54) is 24.3 Å². The molecule has 0 saturated carbocycles. The van der Waals surface area contributed by atoms with Crippen LogP contribution in [0.25, 0.3) is 22.2 Å². The van der Waals surface area contributed by atoms with Crippen molar-refractivity contribution in [1.82, 2.24) is 19.7 Å². The number of rotatable bonds is 6. The third kappa shape index (κ3) is 4.15. The van der Waals surface area contributed by atoms with Crippen molar-refractivity contribution < 1.29 is 22.1 Å². The average molecular weight is 436 g/mol. The number of fused-ring (bicyclic) bond motifs is 1. The highest BCUT2D eigenvalue weighted by Crippen LogP contribution is 2.29. The number of nitrogens with zero attached hydrogens (tertiary/aromatic N) is 4. The van der Waals surface area contributed by atoms with E-state index < -0.39 is 17.8 Å².